The number of hydrogen-bond donors (Lipinski definition) is 2. The largest absolute Gasteiger partial charge is 0.393 e. The van der Waals surface area contributed by atoms with Gasteiger partial charge in [0, 0.05) is 30.3 Å². The zero-order valence-electron chi connectivity index (χ0n) is 12.4. The Kier molecular flexibility index (Phi) is 5.87. The standard InChI is InChI=1S/C16H25BrN2O/c1-3-6-18-10-13-4-5-14(17)9-16(13)19(2)11-12-7-15(20)8-12/h4-5,9,12,15,18,20H,3,6-8,10-11H2,1-2H3. The second-order valence-electron chi connectivity index (χ2n) is 5.82. The van der Waals surface area contributed by atoms with Gasteiger partial charge in [-0.2, -0.15) is 0 Å². The van der Waals surface area contributed by atoms with E-state index in [1.54, 1.807) is 0 Å². The fourth-order valence-corrected chi connectivity index (χ4v) is 3.13. The van der Waals surface area contributed by atoms with Crippen molar-refractivity contribution < 1.29 is 5.11 Å². The van der Waals surface area contributed by atoms with E-state index in [4.69, 9.17) is 0 Å². The first kappa shape index (κ1) is 15.8. The molecule has 0 atom stereocenters. The molecular formula is C16H25BrN2O. The van der Waals surface area contributed by atoms with Crippen LogP contribution < -0.4 is 10.2 Å². The molecule has 3 nitrogen and oxygen atoms in total. The highest BCUT2D eigenvalue weighted by atomic mass is 79.9. The summed E-state index contributed by atoms with van der Waals surface area (Å²) in [5, 5.41) is 12.9. The summed E-state index contributed by atoms with van der Waals surface area (Å²) in [6.07, 6.45) is 2.98. The summed E-state index contributed by atoms with van der Waals surface area (Å²) in [6.45, 7) is 5.17. The highest BCUT2D eigenvalue weighted by Gasteiger charge is 2.28. The average molecular weight is 341 g/mol. The van der Waals surface area contributed by atoms with Gasteiger partial charge in [-0.1, -0.05) is 28.9 Å². The van der Waals surface area contributed by atoms with Gasteiger partial charge in [0.15, 0.2) is 0 Å². The molecule has 0 saturated heterocycles. The van der Waals surface area contributed by atoms with Crippen LogP contribution in [0.2, 0.25) is 0 Å². The second kappa shape index (κ2) is 7.43. The number of aliphatic hydroxyl groups is 1. The first-order valence-corrected chi connectivity index (χ1v) is 8.27. The van der Waals surface area contributed by atoms with Crippen LogP contribution in [0.15, 0.2) is 22.7 Å². The zero-order valence-corrected chi connectivity index (χ0v) is 14.0. The molecular weight excluding hydrogens is 316 g/mol. The minimum absolute atomic E-state index is 0.0680. The third-order valence-corrected chi connectivity index (χ3v) is 4.44. The van der Waals surface area contributed by atoms with Gasteiger partial charge < -0.3 is 15.3 Å². The molecule has 0 spiro atoms. The molecule has 0 bridgehead atoms. The molecule has 1 aromatic carbocycles. The zero-order chi connectivity index (χ0) is 14.5. The molecule has 2 rings (SSSR count). The molecule has 0 aliphatic heterocycles. The van der Waals surface area contributed by atoms with Crippen LogP contribution in [0.3, 0.4) is 0 Å². The number of halogens is 1. The van der Waals surface area contributed by atoms with Crippen molar-refractivity contribution in [2.45, 2.75) is 38.8 Å². The average Bonchev–Trinajstić information content (AvgIpc) is 2.38. The first-order chi connectivity index (χ1) is 9.60. The molecule has 2 N–H and O–H groups in total. The summed E-state index contributed by atoms with van der Waals surface area (Å²) in [6, 6.07) is 6.49. The Morgan fingerprint density at radius 1 is 1.40 bits per heavy atom. The lowest BCUT2D eigenvalue weighted by Gasteiger charge is -2.36. The van der Waals surface area contributed by atoms with Crippen molar-refractivity contribution in [3.05, 3.63) is 28.2 Å². The Morgan fingerprint density at radius 2 is 2.15 bits per heavy atom. The van der Waals surface area contributed by atoms with E-state index in [1.807, 2.05) is 0 Å². The van der Waals surface area contributed by atoms with Crippen LogP contribution in [0.1, 0.15) is 31.7 Å². The van der Waals surface area contributed by atoms with Crippen LogP contribution >= 0.6 is 15.9 Å². The smallest absolute Gasteiger partial charge is 0.0546 e. The van der Waals surface area contributed by atoms with E-state index in [2.05, 4.69) is 58.3 Å². The van der Waals surface area contributed by atoms with Crippen molar-refractivity contribution in [2.75, 3.05) is 25.0 Å². The molecule has 112 valence electrons. The number of aliphatic hydroxyl groups excluding tert-OH is 1. The highest BCUT2D eigenvalue weighted by molar-refractivity contribution is 9.10. The monoisotopic (exact) mass is 340 g/mol. The van der Waals surface area contributed by atoms with Crippen LogP contribution in [0.25, 0.3) is 0 Å². The maximum absolute atomic E-state index is 9.41. The molecule has 1 aromatic rings. The minimum atomic E-state index is -0.0680. The van der Waals surface area contributed by atoms with Gasteiger partial charge in [0.1, 0.15) is 0 Å². The van der Waals surface area contributed by atoms with Crippen molar-refractivity contribution >= 4 is 21.6 Å². The quantitative estimate of drug-likeness (QED) is 0.748. The van der Waals surface area contributed by atoms with Crippen molar-refractivity contribution in [3.63, 3.8) is 0 Å². The van der Waals surface area contributed by atoms with Crippen LogP contribution in [0, 0.1) is 5.92 Å². The van der Waals surface area contributed by atoms with E-state index in [0.29, 0.717) is 5.92 Å². The van der Waals surface area contributed by atoms with E-state index < -0.39 is 0 Å². The number of hydrogen-bond acceptors (Lipinski definition) is 3. The van der Waals surface area contributed by atoms with E-state index in [9.17, 15) is 5.11 Å². The third-order valence-electron chi connectivity index (χ3n) is 3.94. The molecule has 1 aliphatic carbocycles. The molecule has 0 unspecified atom stereocenters. The lowest BCUT2D eigenvalue weighted by atomic mass is 9.82. The number of benzene rings is 1. The third kappa shape index (κ3) is 4.21. The van der Waals surface area contributed by atoms with E-state index >= 15 is 0 Å². The lowest BCUT2D eigenvalue weighted by molar-refractivity contribution is 0.0464. The van der Waals surface area contributed by atoms with Gasteiger partial charge in [-0.3, -0.25) is 0 Å². The predicted octanol–water partition coefficient (Wildman–Crippen LogP) is 3.16. The van der Waals surface area contributed by atoms with E-state index in [0.717, 1.165) is 43.4 Å². The Morgan fingerprint density at radius 3 is 2.80 bits per heavy atom. The number of nitrogens with zero attached hydrogens (tertiary/aromatic N) is 1. The number of rotatable bonds is 7. The second-order valence-corrected chi connectivity index (χ2v) is 6.74. The van der Waals surface area contributed by atoms with Crippen molar-refractivity contribution in [1.82, 2.24) is 5.32 Å². The summed E-state index contributed by atoms with van der Waals surface area (Å²) >= 11 is 3.57. The fraction of sp³-hybridized carbons (Fsp3) is 0.625. The van der Waals surface area contributed by atoms with Gasteiger partial charge in [-0.15, -0.1) is 0 Å². The van der Waals surface area contributed by atoms with Gasteiger partial charge in [0.2, 0.25) is 0 Å². The summed E-state index contributed by atoms with van der Waals surface area (Å²) in [7, 11) is 2.15. The van der Waals surface area contributed by atoms with E-state index in [-0.39, 0.29) is 6.10 Å². The SMILES string of the molecule is CCCNCc1ccc(Br)cc1N(C)CC1CC(O)C1. The fourth-order valence-electron chi connectivity index (χ4n) is 2.78. The highest BCUT2D eigenvalue weighted by Crippen LogP contribution is 2.31. The molecule has 20 heavy (non-hydrogen) atoms. The number of nitrogens with one attached hydrogen (secondary N) is 1. The summed E-state index contributed by atoms with van der Waals surface area (Å²) in [4.78, 5) is 2.32. The predicted molar refractivity (Wildman–Crippen MR) is 88.1 cm³/mol. The van der Waals surface area contributed by atoms with Crippen LogP contribution in [0.5, 0.6) is 0 Å². The molecule has 0 heterocycles. The van der Waals surface area contributed by atoms with E-state index in [1.165, 1.54) is 11.3 Å². The minimum Gasteiger partial charge on any atom is -0.393 e. The summed E-state index contributed by atoms with van der Waals surface area (Å²) < 4.78 is 1.12. The molecule has 1 fully saturated rings. The van der Waals surface area contributed by atoms with Crippen LogP contribution in [-0.2, 0) is 6.54 Å². The maximum atomic E-state index is 9.41. The molecule has 1 saturated carbocycles. The molecule has 4 heteroatoms. The maximum Gasteiger partial charge on any atom is 0.0546 e. The summed E-state index contributed by atoms with van der Waals surface area (Å²) in [5.41, 5.74) is 2.62. The molecule has 0 amide bonds. The Hall–Kier alpha value is -0.580. The topological polar surface area (TPSA) is 35.5 Å². The van der Waals surface area contributed by atoms with Gasteiger partial charge in [-0.05, 0) is 49.4 Å². The molecule has 0 aromatic heterocycles. The van der Waals surface area contributed by atoms with Gasteiger partial charge in [0.05, 0.1) is 6.10 Å². The van der Waals surface area contributed by atoms with Crippen LogP contribution in [-0.4, -0.2) is 31.3 Å². The Labute approximate surface area is 130 Å². The normalized spacial score (nSPS) is 21.6. The molecule has 1 aliphatic rings. The first-order valence-electron chi connectivity index (χ1n) is 7.48. The van der Waals surface area contributed by atoms with Crippen molar-refractivity contribution in [3.8, 4) is 0 Å². The van der Waals surface area contributed by atoms with Crippen LogP contribution in [0.4, 0.5) is 5.69 Å². The Balaban J connectivity index is 2.01. The van der Waals surface area contributed by atoms with Crippen molar-refractivity contribution in [1.29, 1.82) is 0 Å². The van der Waals surface area contributed by atoms with Gasteiger partial charge in [0.25, 0.3) is 0 Å². The lowest BCUT2D eigenvalue weighted by Crippen LogP contribution is -2.37. The van der Waals surface area contributed by atoms with Gasteiger partial charge in [-0.25, -0.2) is 0 Å². The molecule has 0 radical (unpaired) electrons. The van der Waals surface area contributed by atoms with Crippen molar-refractivity contribution in [2.24, 2.45) is 5.92 Å². The summed E-state index contributed by atoms with van der Waals surface area (Å²) in [5.74, 6) is 0.630. The Bertz CT molecular complexity index is 432. The van der Waals surface area contributed by atoms with Gasteiger partial charge >= 0.3 is 0 Å². The number of anilines is 1.